The van der Waals surface area contributed by atoms with E-state index in [4.69, 9.17) is 11.6 Å². The normalized spacial score (nSPS) is 66.0. The molecule has 0 spiro atoms. The van der Waals surface area contributed by atoms with Gasteiger partial charge in [-0.15, -0.1) is 11.6 Å². The van der Waals surface area contributed by atoms with Crippen molar-refractivity contribution in [3.63, 3.8) is 0 Å². The molecule has 0 radical (unpaired) electrons. The zero-order valence-corrected chi connectivity index (χ0v) is 12.3. The van der Waals surface area contributed by atoms with Gasteiger partial charge in [0.15, 0.2) is 0 Å². The van der Waals surface area contributed by atoms with Gasteiger partial charge in [-0.25, -0.2) is 4.39 Å². The van der Waals surface area contributed by atoms with E-state index in [2.05, 4.69) is 38.5 Å². The molecule has 4 rings (SSSR count). The predicted molar refractivity (Wildman–Crippen MR) is 68.5 cm³/mol. The molecular formula is C10H12BrClFI. The van der Waals surface area contributed by atoms with Gasteiger partial charge in [-0.3, -0.25) is 0 Å². The molecule has 0 nitrogen and oxygen atoms in total. The van der Waals surface area contributed by atoms with E-state index in [1.165, 1.54) is 0 Å². The van der Waals surface area contributed by atoms with Crippen LogP contribution in [0.1, 0.15) is 38.5 Å². The molecule has 0 amide bonds. The summed E-state index contributed by atoms with van der Waals surface area (Å²) in [5.74, 6) is 0. The van der Waals surface area contributed by atoms with Gasteiger partial charge in [0.25, 0.3) is 0 Å². The molecule has 0 N–H and O–H groups in total. The van der Waals surface area contributed by atoms with Gasteiger partial charge in [-0.2, -0.15) is 0 Å². The summed E-state index contributed by atoms with van der Waals surface area (Å²) in [5, 5.41) is 0. The van der Waals surface area contributed by atoms with E-state index in [1.807, 2.05) is 0 Å². The van der Waals surface area contributed by atoms with Crippen molar-refractivity contribution in [3.8, 4) is 0 Å². The Bertz CT molecular complexity index is 213. The topological polar surface area (TPSA) is 0 Å². The Morgan fingerprint density at radius 1 is 1.07 bits per heavy atom. The van der Waals surface area contributed by atoms with Crippen molar-refractivity contribution >= 4 is 50.1 Å². The Balaban J connectivity index is 2.08. The van der Waals surface area contributed by atoms with Crippen LogP contribution in [0.3, 0.4) is 0 Å². The molecule has 0 aromatic carbocycles. The largest absolute Gasteiger partial charge is 0.244 e. The number of alkyl halides is 4. The number of halogens is 4. The van der Waals surface area contributed by atoms with Crippen LogP contribution >= 0.6 is 50.1 Å². The van der Waals surface area contributed by atoms with Gasteiger partial charge < -0.3 is 0 Å². The van der Waals surface area contributed by atoms with Crippen molar-refractivity contribution in [2.24, 2.45) is 0 Å². The third-order valence-corrected chi connectivity index (χ3v) is 6.19. The lowest BCUT2D eigenvalue weighted by molar-refractivity contribution is -0.0283. The van der Waals surface area contributed by atoms with E-state index < -0.39 is 5.67 Å². The summed E-state index contributed by atoms with van der Waals surface area (Å²) in [5.41, 5.74) is -0.999. The Labute approximate surface area is 111 Å². The van der Waals surface area contributed by atoms with Crippen LogP contribution in [-0.2, 0) is 0 Å². The first kappa shape index (κ1) is 10.6. The van der Waals surface area contributed by atoms with Crippen LogP contribution in [0, 0.1) is 0 Å². The second kappa shape index (κ2) is 2.63. The van der Waals surface area contributed by atoms with Crippen LogP contribution in [0.4, 0.5) is 4.39 Å². The van der Waals surface area contributed by atoms with Crippen LogP contribution in [0.25, 0.3) is 0 Å². The first-order chi connectivity index (χ1) is 6.24. The van der Waals surface area contributed by atoms with Crippen molar-refractivity contribution in [3.05, 3.63) is 0 Å². The van der Waals surface area contributed by atoms with E-state index in [-0.39, 0.29) is 12.6 Å². The second-order valence-corrected chi connectivity index (χ2v) is 10.4. The highest BCUT2D eigenvalue weighted by Gasteiger charge is 2.67. The Hall–Kier alpha value is 1.43. The molecular weight excluding hydrogens is 381 g/mol. The van der Waals surface area contributed by atoms with E-state index in [1.54, 1.807) is 0 Å². The average molecular weight is 393 g/mol. The summed E-state index contributed by atoms with van der Waals surface area (Å²) in [6.07, 6.45) is 4.96. The molecule has 4 saturated carbocycles. The summed E-state index contributed by atoms with van der Waals surface area (Å²) < 4.78 is 14.6. The minimum Gasteiger partial charge on any atom is -0.244 e. The van der Waals surface area contributed by atoms with Crippen LogP contribution in [0.15, 0.2) is 0 Å². The maximum absolute atomic E-state index is 14.5. The van der Waals surface area contributed by atoms with Crippen molar-refractivity contribution in [1.29, 1.82) is 0 Å². The minimum absolute atomic E-state index is 0.0144. The van der Waals surface area contributed by atoms with Gasteiger partial charge in [0.05, 0.1) is 4.87 Å². The van der Waals surface area contributed by atoms with E-state index >= 15 is 0 Å². The van der Waals surface area contributed by atoms with E-state index in [9.17, 15) is 4.39 Å². The smallest absolute Gasteiger partial charge is 0.115 e. The lowest BCUT2D eigenvalue weighted by Gasteiger charge is -2.63. The lowest BCUT2D eigenvalue weighted by atomic mass is 9.54. The van der Waals surface area contributed by atoms with Gasteiger partial charge in [-0.05, 0) is 32.1 Å². The molecule has 4 bridgehead atoms. The highest BCUT2D eigenvalue weighted by molar-refractivity contribution is 14.1. The second-order valence-electron chi connectivity index (χ2n) is 5.66. The maximum atomic E-state index is 14.5. The van der Waals surface area contributed by atoms with E-state index in [0.29, 0.717) is 19.3 Å². The minimum atomic E-state index is -0.999. The predicted octanol–water partition coefficient (Wildman–Crippen LogP) is 4.36. The molecule has 0 aromatic rings. The van der Waals surface area contributed by atoms with Crippen molar-refractivity contribution in [1.82, 2.24) is 0 Å². The summed E-state index contributed by atoms with van der Waals surface area (Å²) in [6.45, 7) is 0. The third kappa shape index (κ3) is 1.48. The van der Waals surface area contributed by atoms with Gasteiger partial charge in [0.2, 0.25) is 0 Å². The van der Waals surface area contributed by atoms with Gasteiger partial charge >= 0.3 is 0 Å². The first-order valence-corrected chi connectivity index (χ1v) is 7.25. The zero-order chi connectivity index (χ0) is 10.2. The summed E-state index contributed by atoms with van der Waals surface area (Å²) in [4.78, 5) is -0.270. The number of hydrogen-bond donors (Lipinski definition) is 0. The summed E-state index contributed by atoms with van der Waals surface area (Å²) in [6, 6.07) is 0. The number of rotatable bonds is 0. The molecule has 4 atom stereocenters. The molecule has 80 valence electrons. The fourth-order valence-electron chi connectivity index (χ4n) is 4.16. The van der Waals surface area contributed by atoms with E-state index in [0.717, 1.165) is 19.3 Å². The quantitative estimate of drug-likeness (QED) is 0.424. The molecule has 4 fully saturated rings. The molecule has 4 unspecified atom stereocenters. The highest BCUT2D eigenvalue weighted by atomic mass is 127. The SMILES string of the molecule is FC12CC3(Cl)CC(Br)(C1)CC(I)(C2)C3. The van der Waals surface area contributed by atoms with Crippen LogP contribution in [-0.4, -0.2) is 18.3 Å². The molecule has 0 aliphatic heterocycles. The van der Waals surface area contributed by atoms with Crippen LogP contribution in [0.5, 0.6) is 0 Å². The number of hydrogen-bond acceptors (Lipinski definition) is 0. The van der Waals surface area contributed by atoms with Crippen molar-refractivity contribution in [2.75, 3.05) is 0 Å². The van der Waals surface area contributed by atoms with Crippen LogP contribution < -0.4 is 0 Å². The molecule has 4 aliphatic rings. The molecule has 0 saturated heterocycles. The summed E-state index contributed by atoms with van der Waals surface area (Å²) >= 11 is 12.7. The van der Waals surface area contributed by atoms with Crippen molar-refractivity contribution < 1.29 is 4.39 Å². The monoisotopic (exact) mass is 392 g/mol. The molecule has 0 heterocycles. The summed E-state index contributed by atoms with van der Waals surface area (Å²) in [7, 11) is 0. The Morgan fingerprint density at radius 2 is 1.79 bits per heavy atom. The van der Waals surface area contributed by atoms with Crippen molar-refractivity contribution in [2.45, 2.75) is 56.8 Å². The fourth-order valence-corrected chi connectivity index (χ4v) is 9.54. The van der Waals surface area contributed by atoms with Crippen LogP contribution in [0.2, 0.25) is 0 Å². The molecule has 14 heavy (non-hydrogen) atoms. The standard InChI is InChI=1S/C10H12BrClFI/c11-7-1-8(12)4-9(13,2-7)6-10(14,3-7)5-8/h1-6H2. The molecule has 4 heteroatoms. The molecule has 0 aromatic heterocycles. The fraction of sp³-hybridized carbons (Fsp3) is 1.00. The maximum Gasteiger partial charge on any atom is 0.115 e. The van der Waals surface area contributed by atoms with Gasteiger partial charge in [0.1, 0.15) is 5.67 Å². The Kier molecular flexibility index (Phi) is 1.99. The molecule has 4 aliphatic carbocycles. The Morgan fingerprint density at radius 3 is 2.29 bits per heavy atom. The van der Waals surface area contributed by atoms with Gasteiger partial charge in [0, 0.05) is 14.2 Å². The average Bonchev–Trinajstić information content (AvgIpc) is 1.67. The first-order valence-electron chi connectivity index (χ1n) is 5.00. The zero-order valence-electron chi connectivity index (χ0n) is 7.75. The third-order valence-electron chi connectivity index (χ3n) is 3.80. The lowest BCUT2D eigenvalue weighted by Crippen LogP contribution is -2.65. The van der Waals surface area contributed by atoms with Gasteiger partial charge in [-0.1, -0.05) is 38.5 Å². The highest BCUT2D eigenvalue weighted by Crippen LogP contribution is 2.69.